The highest BCUT2D eigenvalue weighted by Gasteiger charge is 2.14. The summed E-state index contributed by atoms with van der Waals surface area (Å²) in [5, 5.41) is 13.2. The van der Waals surface area contributed by atoms with Crippen LogP contribution in [-0.2, 0) is 18.3 Å². The molecule has 1 heterocycles. The molecule has 17 heavy (non-hydrogen) atoms. The van der Waals surface area contributed by atoms with Crippen LogP contribution in [0.3, 0.4) is 0 Å². The molecule has 0 aliphatic carbocycles. The summed E-state index contributed by atoms with van der Waals surface area (Å²) in [7, 11) is 1.80. The molecule has 1 aromatic heterocycles. The fourth-order valence-electron chi connectivity index (χ4n) is 1.90. The van der Waals surface area contributed by atoms with Crippen molar-refractivity contribution in [3.05, 3.63) is 41.6 Å². The van der Waals surface area contributed by atoms with Crippen LogP contribution >= 0.6 is 0 Å². The molecular weight excluding hydrogens is 216 g/mol. The van der Waals surface area contributed by atoms with E-state index in [1.54, 1.807) is 17.9 Å². The van der Waals surface area contributed by atoms with Gasteiger partial charge < -0.3 is 5.11 Å². The predicted molar refractivity (Wildman–Crippen MR) is 64.7 cm³/mol. The minimum absolute atomic E-state index is 0.00247. The summed E-state index contributed by atoms with van der Waals surface area (Å²) >= 11 is 0. The number of aromatic nitrogens is 2. The van der Waals surface area contributed by atoms with E-state index < -0.39 is 5.97 Å². The molecule has 0 amide bonds. The van der Waals surface area contributed by atoms with Crippen molar-refractivity contribution in [3.63, 3.8) is 0 Å². The Labute approximate surface area is 99.5 Å². The van der Waals surface area contributed by atoms with Crippen LogP contribution in [0.2, 0.25) is 0 Å². The zero-order valence-electron chi connectivity index (χ0n) is 9.84. The summed E-state index contributed by atoms with van der Waals surface area (Å²) < 4.78 is 1.65. The number of rotatable bonds is 3. The first-order valence-electron chi connectivity index (χ1n) is 5.38. The molecule has 0 bridgehead atoms. The molecule has 1 aromatic carbocycles. The Kier molecular flexibility index (Phi) is 2.95. The second kappa shape index (κ2) is 4.41. The zero-order chi connectivity index (χ0) is 12.4. The Hall–Kier alpha value is -2.10. The number of nitrogens with zero attached hydrogens (tertiary/aromatic N) is 2. The molecule has 0 unspecified atom stereocenters. The first kappa shape index (κ1) is 11.4. The van der Waals surface area contributed by atoms with Crippen molar-refractivity contribution in [2.75, 3.05) is 0 Å². The first-order chi connectivity index (χ1) is 8.08. The molecule has 0 spiro atoms. The molecule has 0 aliphatic heterocycles. The Balaban J connectivity index is 2.51. The molecule has 0 radical (unpaired) electrons. The van der Waals surface area contributed by atoms with Crippen molar-refractivity contribution in [2.24, 2.45) is 7.05 Å². The predicted octanol–water partition coefficient (Wildman–Crippen LogP) is 2.02. The zero-order valence-corrected chi connectivity index (χ0v) is 9.84. The van der Waals surface area contributed by atoms with Crippen molar-refractivity contribution in [1.29, 1.82) is 0 Å². The molecule has 1 N–H and O–H groups in total. The van der Waals surface area contributed by atoms with Crippen LogP contribution in [0.15, 0.2) is 30.5 Å². The van der Waals surface area contributed by atoms with Crippen LogP contribution in [0.5, 0.6) is 0 Å². The maximum absolute atomic E-state index is 10.8. The quantitative estimate of drug-likeness (QED) is 0.877. The van der Waals surface area contributed by atoms with Crippen LogP contribution in [0.25, 0.3) is 11.3 Å². The summed E-state index contributed by atoms with van der Waals surface area (Å²) in [6.07, 6.45) is 1.76. The summed E-state index contributed by atoms with van der Waals surface area (Å²) in [6.45, 7) is 1.99. The second-order valence-corrected chi connectivity index (χ2v) is 4.06. The molecule has 0 fully saturated rings. The number of benzene rings is 1. The van der Waals surface area contributed by atoms with Crippen molar-refractivity contribution < 1.29 is 9.90 Å². The Morgan fingerprint density at radius 2 is 2.12 bits per heavy atom. The number of carboxylic acid groups (broad SMARTS) is 1. The largest absolute Gasteiger partial charge is 0.481 e. The van der Waals surface area contributed by atoms with Crippen molar-refractivity contribution in [1.82, 2.24) is 9.78 Å². The SMILES string of the molecule is Cc1ccccc1-c1nn(C)cc1CC(=O)O. The van der Waals surface area contributed by atoms with Gasteiger partial charge in [0.05, 0.1) is 12.1 Å². The fraction of sp³-hybridized carbons (Fsp3) is 0.231. The van der Waals surface area contributed by atoms with Crippen LogP contribution in [0.1, 0.15) is 11.1 Å². The molecule has 4 heteroatoms. The minimum Gasteiger partial charge on any atom is -0.481 e. The van der Waals surface area contributed by atoms with Crippen LogP contribution in [0.4, 0.5) is 0 Å². The highest BCUT2D eigenvalue weighted by Crippen LogP contribution is 2.25. The smallest absolute Gasteiger partial charge is 0.307 e. The molecule has 88 valence electrons. The van der Waals surface area contributed by atoms with E-state index in [1.165, 1.54) is 0 Å². The normalized spacial score (nSPS) is 10.5. The van der Waals surface area contributed by atoms with E-state index in [9.17, 15) is 4.79 Å². The molecule has 0 aliphatic rings. The third-order valence-electron chi connectivity index (χ3n) is 2.65. The Morgan fingerprint density at radius 3 is 2.76 bits per heavy atom. The van der Waals surface area contributed by atoms with E-state index in [1.807, 2.05) is 31.2 Å². The van der Waals surface area contributed by atoms with Gasteiger partial charge in [-0.15, -0.1) is 0 Å². The van der Waals surface area contributed by atoms with E-state index in [4.69, 9.17) is 5.11 Å². The monoisotopic (exact) mass is 230 g/mol. The van der Waals surface area contributed by atoms with Gasteiger partial charge in [-0.05, 0) is 12.5 Å². The maximum atomic E-state index is 10.8. The number of carboxylic acids is 1. The molecule has 2 aromatic rings. The third-order valence-corrected chi connectivity index (χ3v) is 2.65. The van der Waals surface area contributed by atoms with Gasteiger partial charge in [0.25, 0.3) is 0 Å². The van der Waals surface area contributed by atoms with Gasteiger partial charge in [0.2, 0.25) is 0 Å². The van der Waals surface area contributed by atoms with E-state index in [0.29, 0.717) is 0 Å². The Bertz CT molecular complexity index is 558. The number of hydrogen-bond acceptors (Lipinski definition) is 2. The molecule has 0 saturated heterocycles. The topological polar surface area (TPSA) is 55.1 Å². The van der Waals surface area contributed by atoms with Crippen molar-refractivity contribution >= 4 is 5.97 Å². The summed E-state index contributed by atoms with van der Waals surface area (Å²) in [5.74, 6) is -0.840. The van der Waals surface area contributed by atoms with Gasteiger partial charge in [0, 0.05) is 24.4 Å². The molecule has 2 rings (SSSR count). The average molecular weight is 230 g/mol. The van der Waals surface area contributed by atoms with Gasteiger partial charge in [-0.2, -0.15) is 5.10 Å². The summed E-state index contributed by atoms with van der Waals surface area (Å²) in [6, 6.07) is 7.85. The van der Waals surface area contributed by atoms with Crippen molar-refractivity contribution in [3.8, 4) is 11.3 Å². The lowest BCUT2D eigenvalue weighted by molar-refractivity contribution is -0.136. The van der Waals surface area contributed by atoms with E-state index in [0.717, 1.165) is 22.4 Å². The van der Waals surface area contributed by atoms with Crippen LogP contribution in [0, 0.1) is 6.92 Å². The number of hydrogen-bond donors (Lipinski definition) is 1. The average Bonchev–Trinajstić information content (AvgIpc) is 2.59. The highest BCUT2D eigenvalue weighted by atomic mass is 16.4. The van der Waals surface area contributed by atoms with E-state index >= 15 is 0 Å². The van der Waals surface area contributed by atoms with Crippen LogP contribution < -0.4 is 0 Å². The van der Waals surface area contributed by atoms with Gasteiger partial charge in [-0.25, -0.2) is 0 Å². The highest BCUT2D eigenvalue weighted by molar-refractivity contribution is 5.75. The lowest BCUT2D eigenvalue weighted by Gasteiger charge is -2.03. The lowest BCUT2D eigenvalue weighted by Crippen LogP contribution is -2.00. The maximum Gasteiger partial charge on any atom is 0.307 e. The fourth-order valence-corrected chi connectivity index (χ4v) is 1.90. The van der Waals surface area contributed by atoms with Crippen molar-refractivity contribution in [2.45, 2.75) is 13.3 Å². The van der Waals surface area contributed by atoms with E-state index in [2.05, 4.69) is 5.10 Å². The first-order valence-corrected chi connectivity index (χ1v) is 5.38. The lowest BCUT2D eigenvalue weighted by atomic mass is 10.0. The summed E-state index contributed by atoms with van der Waals surface area (Å²) in [5.41, 5.74) is 3.59. The molecule has 0 saturated carbocycles. The number of aryl methyl sites for hydroxylation is 2. The van der Waals surface area contributed by atoms with Crippen LogP contribution in [-0.4, -0.2) is 20.9 Å². The van der Waals surface area contributed by atoms with Gasteiger partial charge >= 0.3 is 5.97 Å². The van der Waals surface area contributed by atoms with Gasteiger partial charge in [0.15, 0.2) is 0 Å². The minimum atomic E-state index is -0.840. The van der Waals surface area contributed by atoms with Gasteiger partial charge in [0.1, 0.15) is 0 Å². The third kappa shape index (κ3) is 2.36. The standard InChI is InChI=1S/C13H14N2O2/c1-9-5-3-4-6-11(9)13-10(7-12(16)17)8-15(2)14-13/h3-6,8H,7H2,1-2H3,(H,16,17). The number of carbonyl (C=O) groups is 1. The van der Waals surface area contributed by atoms with Gasteiger partial charge in [-0.3, -0.25) is 9.48 Å². The molecule has 4 nitrogen and oxygen atoms in total. The molecular formula is C13H14N2O2. The molecule has 0 atom stereocenters. The number of aliphatic carboxylic acids is 1. The Morgan fingerprint density at radius 1 is 1.41 bits per heavy atom. The second-order valence-electron chi connectivity index (χ2n) is 4.06. The summed E-state index contributed by atoms with van der Waals surface area (Å²) in [4.78, 5) is 10.8. The van der Waals surface area contributed by atoms with Gasteiger partial charge in [-0.1, -0.05) is 24.3 Å². The van der Waals surface area contributed by atoms with E-state index in [-0.39, 0.29) is 6.42 Å².